The minimum absolute atomic E-state index is 0.0133. The number of hydrogen-bond acceptors (Lipinski definition) is 4. The lowest BCUT2D eigenvalue weighted by Crippen LogP contribution is -2.20. The first-order valence-electron chi connectivity index (χ1n) is 7.63. The van der Waals surface area contributed by atoms with Gasteiger partial charge in [0.25, 0.3) is 5.56 Å². The molecule has 0 aliphatic heterocycles. The summed E-state index contributed by atoms with van der Waals surface area (Å²) in [4.78, 5) is 18.2. The van der Waals surface area contributed by atoms with E-state index in [1.54, 1.807) is 21.8 Å². The van der Waals surface area contributed by atoms with Gasteiger partial charge in [-0.25, -0.2) is 4.98 Å². The van der Waals surface area contributed by atoms with Crippen molar-refractivity contribution in [2.45, 2.75) is 13.5 Å². The Morgan fingerprint density at radius 3 is 2.71 bits per heavy atom. The van der Waals surface area contributed by atoms with Crippen LogP contribution >= 0.6 is 11.3 Å². The Morgan fingerprint density at radius 2 is 2.00 bits per heavy atom. The fourth-order valence-corrected chi connectivity index (χ4v) is 3.68. The van der Waals surface area contributed by atoms with Crippen LogP contribution in [0.15, 0.2) is 53.2 Å². The van der Waals surface area contributed by atoms with Gasteiger partial charge in [0.05, 0.1) is 24.5 Å². The average molecular weight is 336 g/mol. The van der Waals surface area contributed by atoms with Crippen molar-refractivity contribution in [2.75, 3.05) is 0 Å². The lowest BCUT2D eigenvalue weighted by atomic mass is 10.1. The minimum atomic E-state index is -0.0133. The molecule has 5 nitrogen and oxygen atoms in total. The molecule has 24 heavy (non-hydrogen) atoms. The van der Waals surface area contributed by atoms with Crippen molar-refractivity contribution in [1.82, 2.24) is 19.3 Å². The Bertz CT molecular complexity index is 1070. The topological polar surface area (TPSA) is 52.7 Å². The summed E-state index contributed by atoms with van der Waals surface area (Å²) in [7, 11) is 1.86. The van der Waals surface area contributed by atoms with Gasteiger partial charge in [0, 0.05) is 29.8 Å². The Balaban J connectivity index is 1.84. The second kappa shape index (κ2) is 5.72. The summed E-state index contributed by atoms with van der Waals surface area (Å²) >= 11 is 1.51. The van der Waals surface area contributed by atoms with Crippen LogP contribution in [0.1, 0.15) is 11.1 Å². The molecule has 0 bridgehead atoms. The highest BCUT2D eigenvalue weighted by atomic mass is 32.1. The van der Waals surface area contributed by atoms with E-state index < -0.39 is 0 Å². The number of aryl methyl sites for hydroxylation is 2. The molecule has 0 saturated heterocycles. The molecule has 0 spiro atoms. The van der Waals surface area contributed by atoms with Gasteiger partial charge in [0.1, 0.15) is 4.83 Å². The van der Waals surface area contributed by atoms with Crippen molar-refractivity contribution in [3.63, 3.8) is 0 Å². The molecule has 0 radical (unpaired) electrons. The number of nitrogens with zero attached hydrogens (tertiary/aromatic N) is 4. The van der Waals surface area contributed by atoms with Crippen molar-refractivity contribution in [3.8, 4) is 11.1 Å². The number of fused-ring (bicyclic) bond motifs is 1. The van der Waals surface area contributed by atoms with E-state index in [2.05, 4.69) is 41.3 Å². The molecule has 0 fully saturated rings. The summed E-state index contributed by atoms with van der Waals surface area (Å²) in [6.07, 6.45) is 5.30. The molecule has 4 rings (SSSR count). The molecule has 6 heteroatoms. The maximum atomic E-state index is 13.0. The first-order valence-corrected chi connectivity index (χ1v) is 8.51. The smallest absolute Gasteiger partial charge is 0.263 e. The molecular weight excluding hydrogens is 320 g/mol. The predicted octanol–water partition coefficient (Wildman–Crippen LogP) is 3.22. The van der Waals surface area contributed by atoms with Gasteiger partial charge in [0.2, 0.25) is 0 Å². The number of aromatic nitrogens is 4. The summed E-state index contributed by atoms with van der Waals surface area (Å²) in [5.74, 6) is 0. The number of thiophene rings is 1. The van der Waals surface area contributed by atoms with Crippen LogP contribution in [-0.4, -0.2) is 19.3 Å². The molecule has 0 saturated carbocycles. The molecule has 0 aliphatic carbocycles. The molecule has 0 aliphatic rings. The zero-order chi connectivity index (χ0) is 16.7. The van der Waals surface area contributed by atoms with E-state index in [-0.39, 0.29) is 5.56 Å². The summed E-state index contributed by atoms with van der Waals surface area (Å²) in [5.41, 5.74) is 4.16. The Hall–Kier alpha value is -2.73. The molecule has 4 aromatic rings. The number of benzene rings is 1. The van der Waals surface area contributed by atoms with Gasteiger partial charge in [0.15, 0.2) is 0 Å². The highest BCUT2D eigenvalue weighted by Gasteiger charge is 2.13. The molecule has 1 aromatic carbocycles. The Morgan fingerprint density at radius 1 is 1.21 bits per heavy atom. The van der Waals surface area contributed by atoms with Gasteiger partial charge >= 0.3 is 0 Å². The third-order valence-corrected chi connectivity index (χ3v) is 4.92. The first kappa shape index (κ1) is 14.8. The lowest BCUT2D eigenvalue weighted by molar-refractivity contribution is 0.743. The Kier molecular flexibility index (Phi) is 3.54. The van der Waals surface area contributed by atoms with E-state index >= 15 is 0 Å². The van der Waals surface area contributed by atoms with Gasteiger partial charge in [-0.2, -0.15) is 5.10 Å². The van der Waals surface area contributed by atoms with Crippen LogP contribution in [0.25, 0.3) is 21.3 Å². The van der Waals surface area contributed by atoms with E-state index in [0.717, 1.165) is 21.5 Å². The molecule has 0 atom stereocenters. The quantitative estimate of drug-likeness (QED) is 0.577. The van der Waals surface area contributed by atoms with Crippen LogP contribution in [0.3, 0.4) is 0 Å². The largest absolute Gasteiger partial charge is 0.294 e. The van der Waals surface area contributed by atoms with Gasteiger partial charge in [-0.1, -0.05) is 29.8 Å². The van der Waals surface area contributed by atoms with Crippen LogP contribution in [0.5, 0.6) is 0 Å². The highest BCUT2D eigenvalue weighted by molar-refractivity contribution is 7.17. The van der Waals surface area contributed by atoms with Crippen molar-refractivity contribution >= 4 is 21.6 Å². The maximum absolute atomic E-state index is 13.0. The van der Waals surface area contributed by atoms with E-state index in [9.17, 15) is 4.79 Å². The molecule has 3 heterocycles. The van der Waals surface area contributed by atoms with E-state index in [4.69, 9.17) is 0 Å². The summed E-state index contributed by atoms with van der Waals surface area (Å²) in [6.45, 7) is 2.52. The highest BCUT2D eigenvalue weighted by Crippen LogP contribution is 2.30. The van der Waals surface area contributed by atoms with Crippen LogP contribution in [0, 0.1) is 6.92 Å². The van der Waals surface area contributed by atoms with Gasteiger partial charge in [-0.3, -0.25) is 14.0 Å². The first-order chi connectivity index (χ1) is 11.6. The van der Waals surface area contributed by atoms with Crippen LogP contribution in [0.2, 0.25) is 0 Å². The summed E-state index contributed by atoms with van der Waals surface area (Å²) in [6, 6.07) is 8.22. The number of rotatable bonds is 3. The van der Waals surface area contributed by atoms with Gasteiger partial charge in [-0.05, 0) is 12.5 Å². The fraction of sp³-hybridized carbons (Fsp3) is 0.167. The molecule has 0 N–H and O–H groups in total. The Labute approximate surface area is 142 Å². The molecule has 3 aromatic heterocycles. The van der Waals surface area contributed by atoms with Crippen LogP contribution in [0.4, 0.5) is 0 Å². The van der Waals surface area contributed by atoms with Crippen LogP contribution < -0.4 is 5.56 Å². The maximum Gasteiger partial charge on any atom is 0.263 e. The van der Waals surface area contributed by atoms with Crippen molar-refractivity contribution < 1.29 is 0 Å². The summed E-state index contributed by atoms with van der Waals surface area (Å²) in [5, 5.41) is 6.85. The zero-order valence-electron chi connectivity index (χ0n) is 13.4. The third kappa shape index (κ3) is 2.55. The average Bonchev–Trinajstić information content (AvgIpc) is 3.18. The number of hydrogen-bond donors (Lipinski definition) is 0. The molecular formula is C18H16N4OS. The van der Waals surface area contributed by atoms with E-state index in [1.165, 1.54) is 16.9 Å². The van der Waals surface area contributed by atoms with Gasteiger partial charge < -0.3 is 0 Å². The monoisotopic (exact) mass is 336 g/mol. The molecule has 0 unspecified atom stereocenters. The summed E-state index contributed by atoms with van der Waals surface area (Å²) < 4.78 is 3.37. The van der Waals surface area contributed by atoms with Crippen molar-refractivity contribution in [1.29, 1.82) is 0 Å². The standard InChI is InChI=1S/C18H16N4OS/c1-12-3-5-14(6-4-12)15-10-24-17-16(15)18(23)22(11-19-17)9-13-7-20-21(2)8-13/h3-8,10-11H,9H2,1-2H3. The van der Waals surface area contributed by atoms with Crippen molar-refractivity contribution in [3.05, 3.63) is 69.8 Å². The fourth-order valence-electron chi connectivity index (χ4n) is 2.78. The van der Waals surface area contributed by atoms with E-state index in [1.807, 2.05) is 18.6 Å². The van der Waals surface area contributed by atoms with Crippen molar-refractivity contribution in [2.24, 2.45) is 7.05 Å². The second-order valence-corrected chi connectivity index (χ2v) is 6.75. The molecule has 0 amide bonds. The SMILES string of the molecule is Cc1ccc(-c2csc3ncn(Cc4cnn(C)c4)c(=O)c23)cc1. The normalized spacial score (nSPS) is 11.2. The van der Waals surface area contributed by atoms with E-state index in [0.29, 0.717) is 11.9 Å². The molecule has 120 valence electrons. The third-order valence-electron chi connectivity index (χ3n) is 4.03. The second-order valence-electron chi connectivity index (χ2n) is 5.90. The lowest BCUT2D eigenvalue weighted by Gasteiger charge is -2.05. The zero-order valence-corrected chi connectivity index (χ0v) is 14.2. The van der Waals surface area contributed by atoms with Crippen LogP contribution in [-0.2, 0) is 13.6 Å². The minimum Gasteiger partial charge on any atom is -0.294 e. The predicted molar refractivity (Wildman–Crippen MR) is 96.4 cm³/mol. The van der Waals surface area contributed by atoms with Gasteiger partial charge in [-0.15, -0.1) is 11.3 Å².